The zero-order chi connectivity index (χ0) is 12.6. The predicted molar refractivity (Wildman–Crippen MR) is 74.2 cm³/mol. The van der Waals surface area contributed by atoms with Gasteiger partial charge in [-0.15, -0.1) is 0 Å². The molecule has 5 heteroatoms. The van der Waals surface area contributed by atoms with Crippen molar-refractivity contribution in [3.63, 3.8) is 0 Å². The molecular formula is C12H13ClO2S2. The van der Waals surface area contributed by atoms with E-state index in [-0.39, 0.29) is 0 Å². The zero-order valence-electron chi connectivity index (χ0n) is 9.60. The van der Waals surface area contributed by atoms with E-state index in [9.17, 15) is 8.42 Å². The molecule has 0 N–H and O–H groups in total. The van der Waals surface area contributed by atoms with E-state index in [0.29, 0.717) is 20.9 Å². The van der Waals surface area contributed by atoms with Gasteiger partial charge in [0.2, 0.25) is 9.84 Å². The number of halogens is 1. The molecule has 0 aromatic heterocycles. The van der Waals surface area contributed by atoms with Gasteiger partial charge >= 0.3 is 0 Å². The predicted octanol–water partition coefficient (Wildman–Crippen LogP) is 3.61. The first-order chi connectivity index (χ1) is 7.90. The second kappa shape index (κ2) is 4.67. The molecule has 1 aliphatic heterocycles. The summed E-state index contributed by atoms with van der Waals surface area (Å²) < 4.78 is 23.8. The molecule has 0 saturated heterocycles. The van der Waals surface area contributed by atoms with Crippen molar-refractivity contribution < 1.29 is 8.42 Å². The smallest absolute Gasteiger partial charge is 0.200 e. The van der Waals surface area contributed by atoms with E-state index >= 15 is 0 Å². The van der Waals surface area contributed by atoms with E-state index in [4.69, 9.17) is 11.6 Å². The zero-order valence-corrected chi connectivity index (χ0v) is 12.0. The molecule has 0 aliphatic carbocycles. The fourth-order valence-corrected chi connectivity index (χ4v) is 4.28. The molecule has 2 nitrogen and oxygen atoms in total. The van der Waals surface area contributed by atoms with Crippen molar-refractivity contribution in [3.8, 4) is 0 Å². The Morgan fingerprint density at radius 3 is 2.71 bits per heavy atom. The Morgan fingerprint density at radius 2 is 2.06 bits per heavy atom. The summed E-state index contributed by atoms with van der Waals surface area (Å²) in [5, 5.41) is 2.30. The molecule has 0 fully saturated rings. The van der Waals surface area contributed by atoms with Crippen LogP contribution < -0.4 is 0 Å². The molecule has 1 aromatic rings. The van der Waals surface area contributed by atoms with Gasteiger partial charge in [-0.2, -0.15) is 11.8 Å². The number of fused-ring (bicyclic) bond motifs is 1. The Balaban J connectivity index is 2.40. The highest BCUT2D eigenvalue weighted by Gasteiger charge is 2.26. The second-order valence-corrected chi connectivity index (χ2v) is 7.96. The van der Waals surface area contributed by atoms with E-state index in [1.54, 1.807) is 23.9 Å². The highest BCUT2D eigenvalue weighted by atomic mass is 35.5. The normalized spacial score (nSPS) is 17.1. The van der Waals surface area contributed by atoms with Gasteiger partial charge in [-0.3, -0.25) is 0 Å². The van der Waals surface area contributed by atoms with E-state index in [0.717, 1.165) is 11.1 Å². The third-order valence-corrected chi connectivity index (χ3v) is 5.39. The van der Waals surface area contributed by atoms with Crippen LogP contribution in [0.5, 0.6) is 0 Å². The van der Waals surface area contributed by atoms with Crippen LogP contribution in [-0.4, -0.2) is 19.4 Å². The Morgan fingerprint density at radius 1 is 1.35 bits per heavy atom. The van der Waals surface area contributed by atoms with Crippen LogP contribution in [0, 0.1) is 0 Å². The average Bonchev–Trinajstić information content (AvgIpc) is 2.48. The lowest BCUT2D eigenvalue weighted by Gasteiger charge is -2.06. The Bertz CT molecular complexity index is 574. The molecule has 1 aliphatic rings. The summed E-state index contributed by atoms with van der Waals surface area (Å²) in [6.45, 7) is 4.19. The van der Waals surface area contributed by atoms with E-state index in [1.807, 2.05) is 0 Å². The highest BCUT2D eigenvalue weighted by molar-refractivity contribution is 8.00. The van der Waals surface area contributed by atoms with Gasteiger partial charge in [0.1, 0.15) is 0 Å². The lowest BCUT2D eigenvalue weighted by molar-refractivity contribution is 0.605. The molecular weight excluding hydrogens is 276 g/mol. The van der Waals surface area contributed by atoms with Gasteiger partial charge in [0.25, 0.3) is 0 Å². The van der Waals surface area contributed by atoms with Gasteiger partial charge in [-0.1, -0.05) is 31.5 Å². The molecule has 17 heavy (non-hydrogen) atoms. The monoisotopic (exact) mass is 288 g/mol. The van der Waals surface area contributed by atoms with Crippen LogP contribution >= 0.6 is 23.4 Å². The molecule has 0 radical (unpaired) electrons. The third-order valence-electron chi connectivity index (χ3n) is 2.47. The molecule has 92 valence electrons. The van der Waals surface area contributed by atoms with Gasteiger partial charge in [-0.25, -0.2) is 8.42 Å². The summed E-state index contributed by atoms with van der Waals surface area (Å²) in [5.74, 6) is 0.714. The fraction of sp³-hybridized carbons (Fsp3) is 0.333. The van der Waals surface area contributed by atoms with Crippen molar-refractivity contribution in [3.05, 3.63) is 34.2 Å². The minimum Gasteiger partial charge on any atom is -0.219 e. The van der Waals surface area contributed by atoms with Crippen LogP contribution in [0.2, 0.25) is 5.02 Å². The summed E-state index contributed by atoms with van der Waals surface area (Å²) >= 11 is 7.56. The lowest BCUT2D eigenvalue weighted by atomic mass is 10.1. The topological polar surface area (TPSA) is 34.1 Å². The Kier molecular flexibility index (Phi) is 3.57. The van der Waals surface area contributed by atoms with Gasteiger partial charge in [0.05, 0.1) is 4.90 Å². The van der Waals surface area contributed by atoms with Crippen molar-refractivity contribution in [2.75, 3.05) is 5.75 Å². The van der Waals surface area contributed by atoms with Gasteiger partial charge in [0, 0.05) is 16.2 Å². The largest absolute Gasteiger partial charge is 0.219 e. The summed E-state index contributed by atoms with van der Waals surface area (Å²) in [4.78, 5) is 0.337. The van der Waals surface area contributed by atoms with Crippen LogP contribution in [0.1, 0.15) is 19.4 Å². The van der Waals surface area contributed by atoms with Crippen molar-refractivity contribution >= 4 is 38.8 Å². The quantitative estimate of drug-likeness (QED) is 0.852. The maximum atomic E-state index is 11.9. The molecule has 0 spiro atoms. The highest BCUT2D eigenvalue weighted by Crippen LogP contribution is 2.37. The van der Waals surface area contributed by atoms with Crippen LogP contribution in [0.4, 0.5) is 0 Å². The molecule has 0 unspecified atom stereocenters. The third kappa shape index (κ3) is 2.69. The van der Waals surface area contributed by atoms with Crippen molar-refractivity contribution in [2.24, 2.45) is 0 Å². The number of benzene rings is 1. The molecule has 1 heterocycles. The first kappa shape index (κ1) is 13.0. The lowest BCUT2D eigenvalue weighted by Crippen LogP contribution is -1.93. The molecule has 0 atom stereocenters. The standard InChI is InChI=1S/C12H13ClO2S2/c1-8(2)16-6-9-7-17(14,15)12-5-10(13)3-4-11(9)12/h3-5,7-8H,6H2,1-2H3. The number of rotatable bonds is 3. The summed E-state index contributed by atoms with van der Waals surface area (Å²) in [6.07, 6.45) is 0. The first-order valence-electron chi connectivity index (χ1n) is 5.27. The minimum atomic E-state index is -3.28. The van der Waals surface area contributed by atoms with Crippen LogP contribution in [-0.2, 0) is 9.84 Å². The van der Waals surface area contributed by atoms with Crippen molar-refractivity contribution in [1.82, 2.24) is 0 Å². The van der Waals surface area contributed by atoms with E-state index in [1.165, 1.54) is 11.5 Å². The summed E-state index contributed by atoms with van der Waals surface area (Å²) in [6, 6.07) is 5.04. The Labute approximate surface area is 111 Å². The molecule has 1 aromatic carbocycles. The van der Waals surface area contributed by atoms with Gasteiger partial charge in [-0.05, 0) is 28.5 Å². The maximum Gasteiger partial charge on any atom is 0.200 e. The first-order valence-corrected chi connectivity index (χ1v) is 8.24. The van der Waals surface area contributed by atoms with Crippen molar-refractivity contribution in [1.29, 1.82) is 0 Å². The fourth-order valence-electron chi connectivity index (χ4n) is 1.68. The summed E-state index contributed by atoms with van der Waals surface area (Å²) in [5.41, 5.74) is 1.66. The van der Waals surface area contributed by atoms with Crippen LogP contribution in [0.25, 0.3) is 5.57 Å². The van der Waals surface area contributed by atoms with Gasteiger partial charge in [0.15, 0.2) is 0 Å². The van der Waals surface area contributed by atoms with Crippen molar-refractivity contribution in [2.45, 2.75) is 24.0 Å². The molecule has 2 rings (SSSR count). The van der Waals surface area contributed by atoms with Gasteiger partial charge < -0.3 is 0 Å². The average molecular weight is 289 g/mol. The number of hydrogen-bond acceptors (Lipinski definition) is 3. The van der Waals surface area contributed by atoms with Crippen LogP contribution in [0.15, 0.2) is 28.5 Å². The molecule has 0 saturated carbocycles. The second-order valence-electron chi connectivity index (χ2n) is 4.19. The maximum absolute atomic E-state index is 11.9. The summed E-state index contributed by atoms with van der Waals surface area (Å²) in [7, 11) is -3.28. The van der Waals surface area contributed by atoms with Crippen LogP contribution in [0.3, 0.4) is 0 Å². The SMILES string of the molecule is CC(C)SCC1=CS(=O)(=O)c2cc(Cl)ccc21. The molecule has 0 amide bonds. The van der Waals surface area contributed by atoms with E-state index in [2.05, 4.69) is 13.8 Å². The Hall–Kier alpha value is -0.450. The van der Waals surface area contributed by atoms with E-state index < -0.39 is 9.84 Å². The molecule has 0 bridgehead atoms. The number of sulfone groups is 1. The number of thioether (sulfide) groups is 1. The number of hydrogen-bond donors (Lipinski definition) is 0. The minimum absolute atomic E-state index is 0.337.